The van der Waals surface area contributed by atoms with Gasteiger partial charge >= 0.3 is 0 Å². The first-order valence-electron chi connectivity index (χ1n) is 10.6. The highest BCUT2D eigenvalue weighted by Crippen LogP contribution is 2.37. The van der Waals surface area contributed by atoms with Crippen molar-refractivity contribution in [3.05, 3.63) is 76.9 Å². The number of hydrogen-bond acceptors (Lipinski definition) is 7. The Morgan fingerprint density at radius 2 is 1.81 bits per heavy atom. The van der Waals surface area contributed by atoms with Crippen LogP contribution in [0, 0.1) is 0 Å². The summed E-state index contributed by atoms with van der Waals surface area (Å²) in [7, 11) is 0. The molecule has 160 valence electrons. The number of imidazole rings is 1. The molecule has 1 saturated carbocycles. The smallest absolute Gasteiger partial charge is 0.279 e. The van der Waals surface area contributed by atoms with Gasteiger partial charge in [-0.05, 0) is 49.9 Å². The van der Waals surface area contributed by atoms with Crippen molar-refractivity contribution in [3.63, 3.8) is 0 Å². The summed E-state index contributed by atoms with van der Waals surface area (Å²) in [6, 6.07) is 13.3. The Morgan fingerprint density at radius 3 is 2.59 bits per heavy atom. The molecule has 1 N–H and O–H groups in total. The van der Waals surface area contributed by atoms with Crippen molar-refractivity contribution in [1.29, 1.82) is 0 Å². The summed E-state index contributed by atoms with van der Waals surface area (Å²) < 4.78 is 8.89. The highest BCUT2D eigenvalue weighted by Gasteiger charge is 2.38. The quantitative estimate of drug-likeness (QED) is 0.468. The molecule has 0 aliphatic heterocycles. The highest BCUT2D eigenvalue weighted by molar-refractivity contribution is 5.83. The van der Waals surface area contributed by atoms with Gasteiger partial charge in [0, 0.05) is 6.20 Å². The molecule has 4 heterocycles. The topological polar surface area (TPSA) is 111 Å². The van der Waals surface area contributed by atoms with Crippen LogP contribution in [0.3, 0.4) is 0 Å². The molecular formula is C23H20N6O3. The van der Waals surface area contributed by atoms with E-state index < -0.39 is 5.60 Å². The lowest BCUT2D eigenvalue weighted by atomic mass is 10.0. The molecule has 1 fully saturated rings. The van der Waals surface area contributed by atoms with Gasteiger partial charge in [-0.15, -0.1) is 0 Å². The SMILES string of the molecule is O=c1c2c(-c3nc(C4(O)CCCC4)no3)ncn2c2ccccc2n1Cc1ccccn1. The normalized spacial score (nSPS) is 15.7. The fraction of sp³-hybridized carbons (Fsp3) is 0.261. The van der Waals surface area contributed by atoms with Gasteiger partial charge in [-0.25, -0.2) is 4.98 Å². The molecular weight excluding hydrogens is 408 g/mol. The van der Waals surface area contributed by atoms with Crippen LogP contribution in [0.5, 0.6) is 0 Å². The van der Waals surface area contributed by atoms with Crippen molar-refractivity contribution in [2.24, 2.45) is 0 Å². The van der Waals surface area contributed by atoms with Crippen LogP contribution in [0.25, 0.3) is 28.1 Å². The third-order valence-corrected chi connectivity index (χ3v) is 6.17. The van der Waals surface area contributed by atoms with Gasteiger partial charge in [-0.2, -0.15) is 4.98 Å². The number of rotatable bonds is 4. The monoisotopic (exact) mass is 428 g/mol. The Labute approximate surface area is 182 Å². The van der Waals surface area contributed by atoms with E-state index in [1.54, 1.807) is 21.5 Å². The Morgan fingerprint density at radius 1 is 1.03 bits per heavy atom. The second-order valence-corrected chi connectivity index (χ2v) is 8.17. The third kappa shape index (κ3) is 2.85. The van der Waals surface area contributed by atoms with Crippen LogP contribution in [0.2, 0.25) is 0 Å². The standard InChI is InChI=1S/C23H20N6O3/c30-21-19-18(20-26-22(27-32-20)23(31)10-4-5-11-23)25-14-29(19)17-9-2-1-8-16(17)28(21)13-15-7-3-6-12-24-15/h1-3,6-9,12,14,31H,4-5,10-11,13H2. The predicted octanol–water partition coefficient (Wildman–Crippen LogP) is 2.90. The van der Waals surface area contributed by atoms with Crippen LogP contribution in [0.4, 0.5) is 0 Å². The molecule has 4 aromatic heterocycles. The fourth-order valence-electron chi connectivity index (χ4n) is 4.53. The van der Waals surface area contributed by atoms with E-state index in [2.05, 4.69) is 20.1 Å². The summed E-state index contributed by atoms with van der Waals surface area (Å²) in [6.45, 7) is 0.316. The Bertz CT molecular complexity index is 1500. The number of benzene rings is 1. The lowest BCUT2D eigenvalue weighted by Crippen LogP contribution is -2.24. The molecule has 1 aromatic carbocycles. The van der Waals surface area contributed by atoms with E-state index in [1.807, 2.05) is 42.5 Å². The maximum absolute atomic E-state index is 13.7. The molecule has 0 atom stereocenters. The summed E-state index contributed by atoms with van der Waals surface area (Å²) in [5, 5.41) is 14.8. The lowest BCUT2D eigenvalue weighted by Gasteiger charge is -2.16. The number of aromatic nitrogens is 6. The maximum Gasteiger partial charge on any atom is 0.279 e. The molecule has 0 saturated heterocycles. The van der Waals surface area contributed by atoms with Crippen LogP contribution >= 0.6 is 0 Å². The number of para-hydroxylation sites is 2. The highest BCUT2D eigenvalue weighted by atomic mass is 16.5. The van der Waals surface area contributed by atoms with E-state index in [-0.39, 0.29) is 17.3 Å². The van der Waals surface area contributed by atoms with Gasteiger partial charge in [0.25, 0.3) is 11.4 Å². The van der Waals surface area contributed by atoms with Gasteiger partial charge in [0.05, 0.1) is 23.3 Å². The number of aliphatic hydroxyl groups is 1. The Balaban J connectivity index is 1.56. The van der Waals surface area contributed by atoms with Crippen LogP contribution in [0.15, 0.2) is 64.3 Å². The molecule has 1 aliphatic rings. The number of hydrogen-bond donors (Lipinski definition) is 1. The van der Waals surface area contributed by atoms with Crippen molar-refractivity contribution in [2.75, 3.05) is 0 Å². The third-order valence-electron chi connectivity index (χ3n) is 6.17. The van der Waals surface area contributed by atoms with E-state index in [9.17, 15) is 9.90 Å². The summed E-state index contributed by atoms with van der Waals surface area (Å²) in [5.41, 5.74) is 1.69. The molecule has 32 heavy (non-hydrogen) atoms. The molecule has 0 spiro atoms. The molecule has 9 heteroatoms. The van der Waals surface area contributed by atoms with E-state index in [1.165, 1.54) is 0 Å². The van der Waals surface area contributed by atoms with Crippen LogP contribution in [-0.2, 0) is 12.1 Å². The first-order chi connectivity index (χ1) is 15.6. The van der Waals surface area contributed by atoms with Gasteiger partial charge in [0.15, 0.2) is 5.69 Å². The minimum absolute atomic E-state index is 0.125. The van der Waals surface area contributed by atoms with E-state index >= 15 is 0 Å². The summed E-state index contributed by atoms with van der Waals surface area (Å²) in [5.74, 6) is 0.375. The van der Waals surface area contributed by atoms with Crippen molar-refractivity contribution < 1.29 is 9.63 Å². The van der Waals surface area contributed by atoms with Crippen molar-refractivity contribution >= 4 is 16.6 Å². The van der Waals surface area contributed by atoms with Gasteiger partial charge in [0.1, 0.15) is 17.4 Å². The van der Waals surface area contributed by atoms with E-state index in [0.29, 0.717) is 30.6 Å². The molecule has 0 bridgehead atoms. The largest absolute Gasteiger partial charge is 0.382 e. The minimum Gasteiger partial charge on any atom is -0.382 e. The predicted molar refractivity (Wildman–Crippen MR) is 116 cm³/mol. The molecule has 0 radical (unpaired) electrons. The van der Waals surface area contributed by atoms with Crippen LogP contribution in [0.1, 0.15) is 37.2 Å². The second-order valence-electron chi connectivity index (χ2n) is 8.17. The molecule has 9 nitrogen and oxygen atoms in total. The number of pyridine rings is 1. The van der Waals surface area contributed by atoms with Gasteiger partial charge < -0.3 is 9.63 Å². The molecule has 0 unspecified atom stereocenters. The second kappa shape index (κ2) is 7.10. The van der Waals surface area contributed by atoms with Gasteiger partial charge in [-0.1, -0.05) is 23.4 Å². The van der Waals surface area contributed by atoms with Crippen molar-refractivity contribution in [2.45, 2.75) is 37.8 Å². The first kappa shape index (κ1) is 18.9. The van der Waals surface area contributed by atoms with E-state index in [0.717, 1.165) is 29.6 Å². The average molecular weight is 428 g/mol. The maximum atomic E-state index is 13.7. The zero-order valence-corrected chi connectivity index (χ0v) is 17.2. The number of nitrogens with zero attached hydrogens (tertiary/aromatic N) is 6. The number of fused-ring (bicyclic) bond motifs is 3. The van der Waals surface area contributed by atoms with Crippen molar-refractivity contribution in [3.8, 4) is 11.6 Å². The van der Waals surface area contributed by atoms with Gasteiger partial charge in [-0.3, -0.25) is 18.7 Å². The first-order valence-corrected chi connectivity index (χ1v) is 10.6. The summed E-state index contributed by atoms with van der Waals surface area (Å²) >= 11 is 0. The molecule has 5 aromatic rings. The summed E-state index contributed by atoms with van der Waals surface area (Å²) in [6.07, 6.45) is 6.32. The lowest BCUT2D eigenvalue weighted by molar-refractivity contribution is 0.0328. The minimum atomic E-state index is -1.08. The molecule has 6 rings (SSSR count). The van der Waals surface area contributed by atoms with E-state index in [4.69, 9.17) is 4.52 Å². The van der Waals surface area contributed by atoms with Crippen LogP contribution in [-0.4, -0.2) is 34.2 Å². The summed E-state index contributed by atoms with van der Waals surface area (Å²) in [4.78, 5) is 26.9. The fourth-order valence-corrected chi connectivity index (χ4v) is 4.53. The zero-order chi connectivity index (χ0) is 21.7. The Kier molecular flexibility index (Phi) is 4.19. The van der Waals surface area contributed by atoms with Crippen molar-refractivity contribution in [1.82, 2.24) is 29.1 Å². The Hall–Kier alpha value is -3.85. The average Bonchev–Trinajstić information content (AvgIpc) is 3.57. The zero-order valence-electron chi connectivity index (χ0n) is 17.2. The van der Waals surface area contributed by atoms with Gasteiger partial charge in [0.2, 0.25) is 5.82 Å². The van der Waals surface area contributed by atoms with Crippen LogP contribution < -0.4 is 5.56 Å². The molecule has 0 amide bonds. The molecule has 1 aliphatic carbocycles.